The zero-order chi connectivity index (χ0) is 73.7. The van der Waals surface area contributed by atoms with Crippen LogP contribution in [0.5, 0.6) is 0 Å². The zero-order valence-electron chi connectivity index (χ0n) is 59.4. The number of benzene rings is 14. The highest BCUT2D eigenvalue weighted by atomic mass is 32.1. The molecule has 0 amide bonds. The van der Waals surface area contributed by atoms with Gasteiger partial charge < -0.3 is 8.83 Å². The largest absolute Gasteiger partial charge is 0.455 e. The Labute approximate surface area is 648 Å². The molecule has 0 bridgehead atoms. The van der Waals surface area contributed by atoms with E-state index in [2.05, 4.69) is 182 Å². The maximum Gasteiger partial charge on any atom is 0.167 e. The molecule has 14 aromatic carbocycles. The average molecular weight is 1470 g/mol. The number of fused-ring (bicyclic) bond motifs is 12. The van der Waals surface area contributed by atoms with Crippen LogP contribution in [0.3, 0.4) is 0 Å². The van der Waals surface area contributed by atoms with Gasteiger partial charge in [0.25, 0.3) is 0 Å². The Bertz CT molecular complexity index is 7380. The van der Waals surface area contributed by atoms with Crippen molar-refractivity contribution in [2.75, 3.05) is 0 Å². The molecule has 22 rings (SSSR count). The summed E-state index contributed by atoms with van der Waals surface area (Å²) in [5.74, 6) is 4.75. The van der Waals surface area contributed by atoms with E-state index in [0.29, 0.717) is 52.2 Å². The topological polar surface area (TPSA) is 155 Å². The second kappa shape index (κ2) is 26.6. The van der Waals surface area contributed by atoms with E-state index in [9.17, 15) is 0 Å². The summed E-state index contributed by atoms with van der Waals surface area (Å²) < 4.78 is 18.1. The van der Waals surface area contributed by atoms with E-state index < -0.39 is 0 Å². The van der Waals surface area contributed by atoms with Gasteiger partial charge in [-0.05, 0) is 82.4 Å². The maximum absolute atomic E-state index is 6.94. The molecule has 0 N–H and O–H groups in total. The van der Waals surface area contributed by atoms with E-state index in [4.69, 9.17) is 58.7 Å². The van der Waals surface area contributed by atoms with Crippen LogP contribution >= 0.6 is 22.7 Å². The van der Waals surface area contributed by atoms with Crippen LogP contribution in [0.1, 0.15) is 0 Å². The van der Waals surface area contributed by atoms with Crippen molar-refractivity contribution >= 4 is 107 Å². The number of thiophene rings is 2. The first kappa shape index (κ1) is 64.5. The van der Waals surface area contributed by atoms with Crippen LogP contribution in [-0.2, 0) is 0 Å². The van der Waals surface area contributed by atoms with Crippen molar-refractivity contribution in [2.24, 2.45) is 0 Å². The lowest BCUT2D eigenvalue weighted by molar-refractivity contribution is 0.669. The number of hydrogen-bond donors (Lipinski definition) is 0. The minimum Gasteiger partial charge on any atom is -0.455 e. The molecule has 0 atom stereocenters. The van der Waals surface area contributed by atoms with Gasteiger partial charge in [0.15, 0.2) is 46.6 Å². The predicted octanol–water partition coefficient (Wildman–Crippen LogP) is 25.8. The number of nitrogens with zero attached hydrogens (tertiary/aromatic N) is 10. The highest BCUT2D eigenvalue weighted by Gasteiger charge is 2.25. The summed E-state index contributed by atoms with van der Waals surface area (Å²) in [7, 11) is 0. The third kappa shape index (κ3) is 11.3. The van der Waals surface area contributed by atoms with Gasteiger partial charge in [0.1, 0.15) is 22.3 Å². The molecule has 0 aliphatic rings. The van der Waals surface area contributed by atoms with Crippen LogP contribution < -0.4 is 0 Å². The van der Waals surface area contributed by atoms with Gasteiger partial charge in [0.05, 0.1) is 37.4 Å². The van der Waals surface area contributed by atoms with Crippen molar-refractivity contribution in [1.29, 1.82) is 0 Å². The zero-order valence-corrected chi connectivity index (χ0v) is 61.1. The summed E-state index contributed by atoms with van der Waals surface area (Å²) in [6.45, 7) is 0. The van der Waals surface area contributed by atoms with Crippen LogP contribution in [0.25, 0.3) is 231 Å². The van der Waals surface area contributed by atoms with E-state index >= 15 is 0 Å². The second-order valence-corrected chi connectivity index (χ2v) is 29.8. The summed E-state index contributed by atoms with van der Waals surface area (Å²) in [6.07, 6.45) is 0. The Morgan fingerprint density at radius 1 is 0.196 bits per heavy atom. The van der Waals surface area contributed by atoms with Gasteiger partial charge in [-0.15, -0.1) is 22.7 Å². The highest BCUT2D eigenvalue weighted by molar-refractivity contribution is 7.26. The van der Waals surface area contributed by atoms with Crippen molar-refractivity contribution in [1.82, 2.24) is 49.8 Å². The van der Waals surface area contributed by atoms with Crippen molar-refractivity contribution in [3.05, 3.63) is 340 Å². The molecule has 8 aromatic heterocycles. The summed E-state index contributed by atoms with van der Waals surface area (Å²) in [6, 6.07) is 117. The molecule has 0 radical (unpaired) electrons. The first-order valence-corrected chi connectivity index (χ1v) is 38.5. The Kier molecular flexibility index (Phi) is 15.3. The van der Waals surface area contributed by atoms with Crippen molar-refractivity contribution in [2.45, 2.75) is 0 Å². The molecule has 112 heavy (non-hydrogen) atoms. The van der Waals surface area contributed by atoms with Crippen molar-refractivity contribution < 1.29 is 8.83 Å². The van der Waals surface area contributed by atoms with Gasteiger partial charge in [-0.1, -0.05) is 285 Å². The fourth-order valence-electron chi connectivity index (χ4n) is 15.4. The molecule has 0 aliphatic heterocycles. The summed E-state index contributed by atoms with van der Waals surface area (Å²) in [4.78, 5) is 52.0. The SMILES string of the molecule is c1ccc(-c2nc(-c3ccccc3)nc(-c3ccc4c(c3)oc3c(-c5cccc(-c6nc(-c7ccc(-c8ccc9sc%10c(-c%11cccc(-c%12cccc%13oc%14c(-c%15nc(-c%16ccccc%16)nc(-c%16ccccc%16)n%15)cccc%14c%12%13)c%11)nc(-c%11ccccc%11)nc%10c9c8)cc7)nc7c6sc6ccccc67)c5)cccc34)n2)cc1. The number of hydrogen-bond acceptors (Lipinski definition) is 14. The van der Waals surface area contributed by atoms with Crippen molar-refractivity contribution in [3.8, 4) is 147 Å². The Balaban J connectivity index is 0.602. The molecule has 0 fully saturated rings. The van der Waals surface area contributed by atoms with E-state index in [1.807, 2.05) is 158 Å². The lowest BCUT2D eigenvalue weighted by atomic mass is 9.96. The second-order valence-electron chi connectivity index (χ2n) is 27.7. The summed E-state index contributed by atoms with van der Waals surface area (Å²) in [5.41, 5.74) is 21.6. The predicted molar refractivity (Wildman–Crippen MR) is 455 cm³/mol. The molecule has 8 heterocycles. The monoisotopic (exact) mass is 1470 g/mol. The standard InChI is InChI=1S/C98H56N10O2S2/c1-6-23-58(24-7-1)91-99-84(67-35-18-33-65(53-67)70-38-22-43-78-82(70)75-41-21-42-76(88(75)109-78)98-107-95(61-29-12-4-13-30-61)104-96(108-98)62-31-14-5-15-32-62)90-86(102-91)77-55-64(50-52-81(77)112-90)57-45-47-63(48-46-57)92-100-83(89-85(101-92)74-37-16-17-44-80(74)111-89)68-36-19-34-66(54-68)71-39-20-40-73-72-51-49-69(56-79(72)110-87(71)73)97-105-93(59-25-8-2-9-26-59)103-94(106-97)60-27-10-3-11-28-60/h1-56H. The van der Waals surface area contributed by atoms with Gasteiger partial charge in [-0.25, -0.2) is 49.8 Å². The molecule has 522 valence electrons. The Hall–Kier alpha value is -14.7. The first-order valence-electron chi connectivity index (χ1n) is 36.9. The van der Waals surface area contributed by atoms with Crippen molar-refractivity contribution in [3.63, 3.8) is 0 Å². The molecule has 0 unspecified atom stereocenters. The minimum atomic E-state index is 0.528. The van der Waals surface area contributed by atoms with E-state index in [1.54, 1.807) is 22.7 Å². The van der Waals surface area contributed by atoms with E-state index in [1.165, 1.54) is 0 Å². The number of rotatable bonds is 13. The molecule has 0 aliphatic carbocycles. The van der Waals surface area contributed by atoms with E-state index in [-0.39, 0.29) is 0 Å². The average Bonchev–Trinajstić information content (AvgIpc) is 1.60. The van der Waals surface area contributed by atoms with Crippen LogP contribution in [0.4, 0.5) is 0 Å². The van der Waals surface area contributed by atoms with Gasteiger partial charge in [-0.3, -0.25) is 0 Å². The number of furan rings is 2. The fraction of sp³-hybridized carbons (Fsp3) is 0. The maximum atomic E-state index is 6.94. The quantitative estimate of drug-likeness (QED) is 0.108. The smallest absolute Gasteiger partial charge is 0.167 e. The van der Waals surface area contributed by atoms with Crippen LogP contribution in [0.2, 0.25) is 0 Å². The number of aromatic nitrogens is 10. The molecule has 0 saturated heterocycles. The molecule has 0 spiro atoms. The van der Waals surface area contributed by atoms with Gasteiger partial charge in [-0.2, -0.15) is 0 Å². The van der Waals surface area contributed by atoms with Gasteiger partial charge >= 0.3 is 0 Å². The molecular formula is C98H56N10O2S2. The summed E-state index contributed by atoms with van der Waals surface area (Å²) in [5, 5.41) is 6.10. The molecule has 14 heteroatoms. The van der Waals surface area contributed by atoms with Gasteiger partial charge in [0, 0.05) is 97.4 Å². The highest BCUT2D eigenvalue weighted by Crippen LogP contribution is 2.47. The molecular weight excluding hydrogens is 1410 g/mol. The van der Waals surface area contributed by atoms with Crippen LogP contribution in [0, 0.1) is 0 Å². The van der Waals surface area contributed by atoms with Crippen LogP contribution in [-0.4, -0.2) is 49.8 Å². The number of para-hydroxylation sites is 2. The lowest BCUT2D eigenvalue weighted by Gasteiger charge is -2.10. The van der Waals surface area contributed by atoms with E-state index in [0.717, 1.165) is 179 Å². The third-order valence-electron chi connectivity index (χ3n) is 20.9. The molecule has 22 aromatic rings. The first-order chi connectivity index (χ1) is 55.4. The fourth-order valence-corrected chi connectivity index (χ4v) is 17.7. The van der Waals surface area contributed by atoms with Crippen LogP contribution in [0.15, 0.2) is 349 Å². The van der Waals surface area contributed by atoms with Gasteiger partial charge in [0.2, 0.25) is 0 Å². The Morgan fingerprint density at radius 2 is 0.580 bits per heavy atom. The normalized spacial score (nSPS) is 11.8. The third-order valence-corrected chi connectivity index (χ3v) is 23.2. The summed E-state index contributed by atoms with van der Waals surface area (Å²) >= 11 is 3.44. The molecule has 12 nitrogen and oxygen atoms in total. The molecule has 0 saturated carbocycles. The minimum absolute atomic E-state index is 0.528. The Morgan fingerprint density at radius 3 is 1.16 bits per heavy atom. The lowest BCUT2D eigenvalue weighted by Crippen LogP contribution is -2.00.